The van der Waals surface area contributed by atoms with E-state index in [0.717, 1.165) is 25.9 Å². The van der Waals surface area contributed by atoms with Gasteiger partial charge >= 0.3 is 0 Å². The van der Waals surface area contributed by atoms with Gasteiger partial charge in [0.15, 0.2) is 0 Å². The van der Waals surface area contributed by atoms with Gasteiger partial charge in [-0.1, -0.05) is 32.9 Å². The average Bonchev–Trinajstić information content (AvgIpc) is 3.28. The van der Waals surface area contributed by atoms with Crippen LogP contribution in [0.2, 0.25) is 0 Å². The Labute approximate surface area is 191 Å². The van der Waals surface area contributed by atoms with E-state index in [2.05, 4.69) is 74.9 Å². The molecule has 4 rings (SSSR count). The van der Waals surface area contributed by atoms with Gasteiger partial charge < -0.3 is 9.47 Å². The summed E-state index contributed by atoms with van der Waals surface area (Å²) in [4.78, 5) is 14.8. The molecule has 2 aromatic carbocycles. The molecule has 0 unspecified atom stereocenters. The zero-order chi connectivity index (χ0) is 22.9. The van der Waals surface area contributed by atoms with Crippen LogP contribution >= 0.6 is 0 Å². The van der Waals surface area contributed by atoms with Crippen molar-refractivity contribution in [3.05, 3.63) is 88.7 Å². The van der Waals surface area contributed by atoms with E-state index >= 15 is 0 Å². The Balaban J connectivity index is 1.51. The Morgan fingerprint density at radius 3 is 2.34 bits per heavy atom. The van der Waals surface area contributed by atoms with Crippen LogP contribution in [0.5, 0.6) is 0 Å². The zero-order valence-electron chi connectivity index (χ0n) is 19.4. The van der Waals surface area contributed by atoms with Crippen molar-refractivity contribution in [3.63, 3.8) is 0 Å². The van der Waals surface area contributed by atoms with Gasteiger partial charge in [-0.25, -0.2) is 0 Å². The molecule has 2 heterocycles. The topological polar surface area (TPSA) is 49.0 Å². The van der Waals surface area contributed by atoms with Gasteiger partial charge in [-0.05, 0) is 78.8 Å². The summed E-state index contributed by atoms with van der Waals surface area (Å²) in [6.45, 7) is 10.4. The van der Waals surface area contributed by atoms with Crippen LogP contribution in [0.25, 0.3) is 5.69 Å². The second-order valence-corrected chi connectivity index (χ2v) is 9.81. The monoisotopic (exact) mass is 425 g/mol. The normalized spacial score (nSPS) is 14.9. The molecule has 3 aromatic rings. The maximum Gasteiger partial charge on any atom is 0.253 e. The van der Waals surface area contributed by atoms with Crippen LogP contribution in [0.3, 0.4) is 0 Å². The molecule has 0 aliphatic carbocycles. The van der Waals surface area contributed by atoms with Gasteiger partial charge in [-0.15, -0.1) is 0 Å². The minimum Gasteiger partial charge on any atom is -0.339 e. The molecule has 1 aliphatic heterocycles. The minimum absolute atomic E-state index is 0.0528. The van der Waals surface area contributed by atoms with Crippen LogP contribution in [0.4, 0.5) is 0 Å². The van der Waals surface area contributed by atoms with E-state index in [9.17, 15) is 4.79 Å². The molecule has 0 radical (unpaired) electrons. The number of rotatable bonds is 3. The fourth-order valence-corrected chi connectivity index (χ4v) is 4.53. The van der Waals surface area contributed by atoms with E-state index in [1.165, 1.54) is 22.5 Å². The fourth-order valence-electron chi connectivity index (χ4n) is 4.53. The summed E-state index contributed by atoms with van der Waals surface area (Å²) in [5.41, 5.74) is 6.50. The summed E-state index contributed by atoms with van der Waals surface area (Å²) >= 11 is 0. The third-order valence-electron chi connectivity index (χ3n) is 6.58. The van der Waals surface area contributed by atoms with Crippen molar-refractivity contribution in [3.8, 4) is 11.8 Å². The van der Waals surface area contributed by atoms with Crippen molar-refractivity contribution < 1.29 is 4.79 Å². The number of amides is 1. The summed E-state index contributed by atoms with van der Waals surface area (Å²) in [7, 11) is 0. The Hall–Kier alpha value is -3.32. The van der Waals surface area contributed by atoms with E-state index < -0.39 is 0 Å². The first-order valence-electron chi connectivity index (χ1n) is 11.4. The quantitative estimate of drug-likeness (QED) is 0.519. The standard InChI is InChI=1S/C28H31N3O/c1-20-7-12-24(28(2,3)4)18-26(20)31-15-5-6-25(31)22-13-16-30(17-14-22)27(32)23-10-8-21(19-29)9-11-23/h5-12,15,18,22H,13-14,16-17H2,1-4H3. The highest BCUT2D eigenvalue weighted by Crippen LogP contribution is 2.33. The highest BCUT2D eigenvalue weighted by molar-refractivity contribution is 5.94. The number of nitriles is 1. The number of benzene rings is 2. The molecule has 0 spiro atoms. The maximum atomic E-state index is 12.9. The van der Waals surface area contributed by atoms with E-state index in [4.69, 9.17) is 5.26 Å². The third-order valence-corrected chi connectivity index (χ3v) is 6.58. The van der Waals surface area contributed by atoms with Crippen molar-refractivity contribution >= 4 is 5.91 Å². The first-order valence-corrected chi connectivity index (χ1v) is 11.4. The van der Waals surface area contributed by atoms with Crippen LogP contribution in [0.1, 0.15) is 72.3 Å². The predicted octanol–water partition coefficient (Wildman–Crippen LogP) is 5.97. The highest BCUT2D eigenvalue weighted by Gasteiger charge is 2.27. The summed E-state index contributed by atoms with van der Waals surface area (Å²) < 4.78 is 2.34. The molecule has 4 nitrogen and oxygen atoms in total. The van der Waals surface area contributed by atoms with E-state index in [-0.39, 0.29) is 11.3 Å². The molecule has 1 aromatic heterocycles. The Morgan fingerprint density at radius 2 is 1.72 bits per heavy atom. The second-order valence-electron chi connectivity index (χ2n) is 9.81. The molecule has 1 fully saturated rings. The molecule has 164 valence electrons. The lowest BCUT2D eigenvalue weighted by Gasteiger charge is -2.33. The fraction of sp³-hybridized carbons (Fsp3) is 0.357. The number of piperidine rings is 1. The number of aryl methyl sites for hydroxylation is 1. The zero-order valence-corrected chi connectivity index (χ0v) is 19.4. The van der Waals surface area contributed by atoms with Crippen LogP contribution in [-0.2, 0) is 5.41 Å². The lowest BCUT2D eigenvalue weighted by Crippen LogP contribution is -2.38. The maximum absolute atomic E-state index is 12.9. The summed E-state index contributed by atoms with van der Waals surface area (Å²) in [5.74, 6) is 0.477. The number of nitrogens with zero attached hydrogens (tertiary/aromatic N) is 3. The van der Waals surface area contributed by atoms with E-state index in [0.29, 0.717) is 17.0 Å². The summed E-state index contributed by atoms with van der Waals surface area (Å²) in [6.07, 6.45) is 4.06. The molecule has 0 saturated carbocycles. The van der Waals surface area contributed by atoms with Crippen molar-refractivity contribution in [1.82, 2.24) is 9.47 Å². The number of carbonyl (C=O) groups is 1. The number of hydrogen-bond acceptors (Lipinski definition) is 2. The predicted molar refractivity (Wildman–Crippen MR) is 128 cm³/mol. The van der Waals surface area contributed by atoms with Crippen molar-refractivity contribution in [2.45, 2.75) is 51.9 Å². The molecule has 4 heteroatoms. The van der Waals surface area contributed by atoms with Gasteiger partial charge in [-0.3, -0.25) is 4.79 Å². The minimum atomic E-state index is 0.0528. The Morgan fingerprint density at radius 1 is 1.03 bits per heavy atom. The van der Waals surface area contributed by atoms with Crippen LogP contribution in [0, 0.1) is 18.3 Å². The number of likely N-dealkylation sites (tertiary alicyclic amines) is 1. The second kappa shape index (κ2) is 8.67. The molecule has 32 heavy (non-hydrogen) atoms. The van der Waals surface area contributed by atoms with Gasteiger partial charge in [0.1, 0.15) is 0 Å². The van der Waals surface area contributed by atoms with Crippen molar-refractivity contribution in [2.24, 2.45) is 0 Å². The molecule has 1 aliphatic rings. The van der Waals surface area contributed by atoms with Crippen LogP contribution in [-0.4, -0.2) is 28.5 Å². The van der Waals surface area contributed by atoms with Gasteiger partial charge in [0.2, 0.25) is 0 Å². The van der Waals surface area contributed by atoms with Crippen LogP contribution < -0.4 is 0 Å². The molecule has 0 atom stereocenters. The molecule has 1 amide bonds. The van der Waals surface area contributed by atoms with Crippen molar-refractivity contribution in [1.29, 1.82) is 5.26 Å². The Kier molecular flexibility index (Phi) is 5.93. The van der Waals surface area contributed by atoms with E-state index in [1.54, 1.807) is 24.3 Å². The lowest BCUT2D eigenvalue weighted by atomic mass is 9.86. The average molecular weight is 426 g/mol. The lowest BCUT2D eigenvalue weighted by molar-refractivity contribution is 0.0712. The van der Waals surface area contributed by atoms with Crippen molar-refractivity contribution in [2.75, 3.05) is 13.1 Å². The SMILES string of the molecule is Cc1ccc(C(C)(C)C)cc1-n1cccc1C1CCN(C(=O)c2ccc(C#N)cc2)CC1. The molecular weight excluding hydrogens is 394 g/mol. The molecule has 1 saturated heterocycles. The Bertz CT molecular complexity index is 1150. The number of carbonyl (C=O) groups excluding carboxylic acids is 1. The third kappa shape index (κ3) is 4.34. The summed E-state index contributed by atoms with van der Waals surface area (Å²) in [5, 5.41) is 8.96. The summed E-state index contributed by atoms with van der Waals surface area (Å²) in [6, 6.07) is 20.2. The van der Waals surface area contributed by atoms with E-state index in [1.807, 2.05) is 4.90 Å². The molecule has 0 bridgehead atoms. The highest BCUT2D eigenvalue weighted by atomic mass is 16.2. The molecule has 0 N–H and O–H groups in total. The van der Waals surface area contributed by atoms with Gasteiger partial charge in [0.05, 0.1) is 11.6 Å². The van der Waals surface area contributed by atoms with Gasteiger partial charge in [0.25, 0.3) is 5.91 Å². The number of hydrogen-bond donors (Lipinski definition) is 0. The number of aromatic nitrogens is 1. The largest absolute Gasteiger partial charge is 0.339 e. The van der Waals surface area contributed by atoms with Gasteiger partial charge in [0, 0.05) is 42.1 Å². The van der Waals surface area contributed by atoms with Gasteiger partial charge in [-0.2, -0.15) is 5.26 Å². The smallest absolute Gasteiger partial charge is 0.253 e. The molecular formula is C28H31N3O. The van der Waals surface area contributed by atoms with Crippen LogP contribution in [0.15, 0.2) is 60.8 Å². The first kappa shape index (κ1) is 21.9. The first-order chi connectivity index (χ1) is 15.3.